The molecule has 0 aliphatic carbocycles. The molecule has 2 aromatic rings. The molecule has 2 rings (SSSR count). The number of benzene rings is 2. The second kappa shape index (κ2) is 5.55. The van der Waals surface area contributed by atoms with Gasteiger partial charge in [0.2, 0.25) is 0 Å². The topological polar surface area (TPSA) is 9.23 Å². The molecule has 0 heterocycles. The van der Waals surface area contributed by atoms with E-state index in [1.165, 1.54) is 6.07 Å². The normalized spacial score (nSPS) is 10.4. The highest BCUT2D eigenvalue weighted by Gasteiger charge is 2.08. The molecule has 0 radical (unpaired) electrons. The van der Waals surface area contributed by atoms with Gasteiger partial charge in [-0.05, 0) is 24.3 Å². The number of rotatable bonds is 3. The summed E-state index contributed by atoms with van der Waals surface area (Å²) < 4.78 is 31.3. The lowest BCUT2D eigenvalue weighted by molar-refractivity contribution is 0.459. The highest BCUT2D eigenvalue weighted by atomic mass is 35.5. The zero-order chi connectivity index (χ0) is 13.1. The molecule has 0 amide bonds. The van der Waals surface area contributed by atoms with Crippen LogP contribution >= 0.6 is 23.2 Å². The van der Waals surface area contributed by atoms with Crippen LogP contribution in [0.3, 0.4) is 0 Å². The molecule has 0 atom stereocenters. The van der Waals surface area contributed by atoms with Gasteiger partial charge in [-0.2, -0.15) is 0 Å². The summed E-state index contributed by atoms with van der Waals surface area (Å²) in [6.07, 6.45) is 0. The molecule has 5 heteroatoms. The van der Waals surface area contributed by atoms with Gasteiger partial charge in [0.25, 0.3) is 0 Å². The summed E-state index contributed by atoms with van der Waals surface area (Å²) in [4.78, 5) is 0. The predicted molar refractivity (Wildman–Crippen MR) is 67.4 cm³/mol. The molecule has 0 aliphatic rings. The van der Waals surface area contributed by atoms with Crippen LogP contribution in [-0.2, 0) is 5.88 Å². The second-order valence-corrected chi connectivity index (χ2v) is 4.27. The average Bonchev–Trinajstić information content (AvgIpc) is 2.34. The largest absolute Gasteiger partial charge is 0.457 e. The molecule has 18 heavy (non-hydrogen) atoms. The fourth-order valence-electron chi connectivity index (χ4n) is 1.40. The maximum atomic E-state index is 13.0. The smallest absolute Gasteiger partial charge is 0.162 e. The third kappa shape index (κ3) is 2.92. The fourth-order valence-corrected chi connectivity index (χ4v) is 1.78. The lowest BCUT2D eigenvalue weighted by Gasteiger charge is -2.10. The molecule has 0 aliphatic heterocycles. The summed E-state index contributed by atoms with van der Waals surface area (Å²) in [5.74, 6) is -1.06. The first-order chi connectivity index (χ1) is 8.60. The van der Waals surface area contributed by atoms with Crippen LogP contribution in [0, 0.1) is 11.6 Å². The van der Waals surface area contributed by atoms with E-state index in [1.807, 2.05) is 0 Å². The van der Waals surface area contributed by atoms with E-state index in [0.29, 0.717) is 16.3 Å². The summed E-state index contributed by atoms with van der Waals surface area (Å²) in [5.41, 5.74) is 0.714. The van der Waals surface area contributed by atoms with Crippen molar-refractivity contribution in [3.05, 3.63) is 58.6 Å². The molecule has 0 unspecified atom stereocenters. The SMILES string of the molecule is Fc1ccc(Oc2cc(Cl)ccc2CCl)cc1F. The van der Waals surface area contributed by atoms with Gasteiger partial charge in [0, 0.05) is 16.7 Å². The quantitative estimate of drug-likeness (QED) is 0.710. The van der Waals surface area contributed by atoms with Gasteiger partial charge in [0.05, 0.1) is 5.88 Å². The maximum absolute atomic E-state index is 13.0. The number of ether oxygens (including phenoxy) is 1. The monoisotopic (exact) mass is 288 g/mol. The molecule has 94 valence electrons. The van der Waals surface area contributed by atoms with E-state index in [4.69, 9.17) is 27.9 Å². The zero-order valence-corrected chi connectivity index (χ0v) is 10.6. The van der Waals surface area contributed by atoms with Crippen LogP contribution in [0.2, 0.25) is 5.02 Å². The van der Waals surface area contributed by atoms with Crippen molar-refractivity contribution in [2.75, 3.05) is 0 Å². The Morgan fingerprint density at radius 3 is 2.44 bits per heavy atom. The van der Waals surface area contributed by atoms with Gasteiger partial charge in [0.15, 0.2) is 11.6 Å². The van der Waals surface area contributed by atoms with Gasteiger partial charge in [-0.1, -0.05) is 17.7 Å². The Balaban J connectivity index is 2.33. The highest BCUT2D eigenvalue weighted by Crippen LogP contribution is 2.30. The van der Waals surface area contributed by atoms with Gasteiger partial charge < -0.3 is 4.74 Å². The van der Waals surface area contributed by atoms with Crippen LogP contribution in [-0.4, -0.2) is 0 Å². The van der Waals surface area contributed by atoms with E-state index in [2.05, 4.69) is 0 Å². The molecule has 0 saturated heterocycles. The first kappa shape index (κ1) is 13.1. The van der Waals surface area contributed by atoms with Crippen molar-refractivity contribution >= 4 is 23.2 Å². The van der Waals surface area contributed by atoms with Crippen molar-refractivity contribution < 1.29 is 13.5 Å². The minimum absolute atomic E-state index is 0.183. The first-order valence-electron chi connectivity index (χ1n) is 5.07. The molecule has 0 fully saturated rings. The molecule has 0 spiro atoms. The van der Waals surface area contributed by atoms with Crippen LogP contribution in [0.1, 0.15) is 5.56 Å². The molecular formula is C13H8Cl2F2O. The van der Waals surface area contributed by atoms with Crippen LogP contribution in [0.15, 0.2) is 36.4 Å². The van der Waals surface area contributed by atoms with Crippen LogP contribution in [0.25, 0.3) is 0 Å². The van der Waals surface area contributed by atoms with E-state index in [9.17, 15) is 8.78 Å². The van der Waals surface area contributed by atoms with Gasteiger partial charge in [0.1, 0.15) is 11.5 Å². The van der Waals surface area contributed by atoms with Gasteiger partial charge in [-0.3, -0.25) is 0 Å². The minimum atomic E-state index is -0.970. The molecule has 1 nitrogen and oxygen atoms in total. The molecule has 0 N–H and O–H groups in total. The Morgan fingerprint density at radius 2 is 1.78 bits per heavy atom. The Morgan fingerprint density at radius 1 is 1.00 bits per heavy atom. The van der Waals surface area contributed by atoms with Gasteiger partial charge >= 0.3 is 0 Å². The number of alkyl halides is 1. The van der Waals surface area contributed by atoms with Crippen molar-refractivity contribution in [1.29, 1.82) is 0 Å². The maximum Gasteiger partial charge on any atom is 0.162 e. The van der Waals surface area contributed by atoms with Crippen molar-refractivity contribution in [3.8, 4) is 11.5 Å². The number of halogens is 4. The average molecular weight is 289 g/mol. The van der Waals surface area contributed by atoms with Crippen molar-refractivity contribution in [1.82, 2.24) is 0 Å². The number of hydrogen-bond acceptors (Lipinski definition) is 1. The van der Waals surface area contributed by atoms with Crippen molar-refractivity contribution in [2.24, 2.45) is 0 Å². The first-order valence-corrected chi connectivity index (χ1v) is 5.98. The van der Waals surface area contributed by atoms with Crippen molar-refractivity contribution in [2.45, 2.75) is 5.88 Å². The summed E-state index contributed by atoms with van der Waals surface area (Å²) in [5, 5.41) is 0.474. The van der Waals surface area contributed by atoms with Gasteiger partial charge in [-0.15, -0.1) is 11.6 Å². The van der Waals surface area contributed by atoms with E-state index in [1.54, 1.807) is 18.2 Å². The lowest BCUT2D eigenvalue weighted by Crippen LogP contribution is -1.91. The Bertz CT molecular complexity index is 573. The lowest BCUT2D eigenvalue weighted by atomic mass is 10.2. The molecule has 0 saturated carbocycles. The molecule has 2 aromatic carbocycles. The standard InChI is InChI=1S/C13H8Cl2F2O/c14-7-8-1-2-9(15)5-13(8)18-10-3-4-11(16)12(17)6-10/h1-6H,7H2. The van der Waals surface area contributed by atoms with E-state index >= 15 is 0 Å². The number of hydrogen-bond donors (Lipinski definition) is 0. The van der Waals surface area contributed by atoms with Gasteiger partial charge in [-0.25, -0.2) is 8.78 Å². The molecule has 0 bridgehead atoms. The Hall–Kier alpha value is -1.32. The van der Waals surface area contributed by atoms with Crippen LogP contribution in [0.4, 0.5) is 8.78 Å². The van der Waals surface area contributed by atoms with E-state index in [-0.39, 0.29) is 11.6 Å². The van der Waals surface area contributed by atoms with E-state index < -0.39 is 11.6 Å². The second-order valence-electron chi connectivity index (χ2n) is 3.56. The summed E-state index contributed by atoms with van der Waals surface area (Å²) in [7, 11) is 0. The Labute approximate surface area is 113 Å². The summed E-state index contributed by atoms with van der Waals surface area (Å²) >= 11 is 11.6. The highest BCUT2D eigenvalue weighted by molar-refractivity contribution is 6.30. The molecule has 0 aromatic heterocycles. The fraction of sp³-hybridized carbons (Fsp3) is 0.0769. The third-order valence-corrected chi connectivity index (χ3v) is 2.82. The summed E-state index contributed by atoms with van der Waals surface area (Å²) in [6.45, 7) is 0. The van der Waals surface area contributed by atoms with E-state index in [0.717, 1.165) is 12.1 Å². The van der Waals surface area contributed by atoms with Crippen LogP contribution in [0.5, 0.6) is 11.5 Å². The van der Waals surface area contributed by atoms with Crippen LogP contribution < -0.4 is 4.74 Å². The minimum Gasteiger partial charge on any atom is -0.457 e. The molecular weight excluding hydrogens is 281 g/mol. The zero-order valence-electron chi connectivity index (χ0n) is 9.09. The Kier molecular flexibility index (Phi) is 4.04. The third-order valence-electron chi connectivity index (χ3n) is 2.29. The summed E-state index contributed by atoms with van der Waals surface area (Å²) in [6, 6.07) is 8.25. The van der Waals surface area contributed by atoms with Crippen molar-refractivity contribution in [3.63, 3.8) is 0 Å². The predicted octanol–water partition coefficient (Wildman–Crippen LogP) is 5.15.